The van der Waals surface area contributed by atoms with E-state index in [1.54, 1.807) is 17.5 Å². The van der Waals surface area contributed by atoms with Crippen molar-refractivity contribution in [2.75, 3.05) is 38.2 Å². The number of aromatic nitrogens is 2. The van der Waals surface area contributed by atoms with Gasteiger partial charge < -0.3 is 9.64 Å². The monoisotopic (exact) mass is 452 g/mol. The Morgan fingerprint density at radius 3 is 2.06 bits per heavy atom. The minimum absolute atomic E-state index is 0.401. The van der Waals surface area contributed by atoms with Gasteiger partial charge in [-0.3, -0.25) is 0 Å². The highest BCUT2D eigenvalue weighted by molar-refractivity contribution is 7.89. The molecule has 0 unspecified atom stereocenters. The molecule has 0 atom stereocenters. The lowest BCUT2D eigenvalue weighted by Crippen LogP contribution is -2.49. The van der Waals surface area contributed by atoms with Crippen molar-refractivity contribution in [2.45, 2.75) is 25.7 Å². The lowest BCUT2D eigenvalue weighted by Gasteiger charge is -2.34. The molecule has 8 heteroatoms. The van der Waals surface area contributed by atoms with Gasteiger partial charge in [-0.15, -0.1) is 10.2 Å². The average molecular weight is 453 g/mol. The summed E-state index contributed by atoms with van der Waals surface area (Å²) in [6.45, 7) is 7.76. The number of anilines is 1. The largest absolute Gasteiger partial charge is 0.497 e. The molecule has 2 aromatic carbocycles. The van der Waals surface area contributed by atoms with E-state index in [1.807, 2.05) is 63.2 Å². The minimum atomic E-state index is -3.53. The van der Waals surface area contributed by atoms with Crippen LogP contribution in [0.25, 0.3) is 11.3 Å². The lowest BCUT2D eigenvalue weighted by molar-refractivity contribution is 0.383. The highest BCUT2D eigenvalue weighted by atomic mass is 32.2. The first-order chi connectivity index (χ1) is 15.3. The van der Waals surface area contributed by atoms with E-state index < -0.39 is 10.0 Å². The molecule has 1 saturated heterocycles. The molecule has 7 nitrogen and oxygen atoms in total. The smallest absolute Gasteiger partial charge is 0.243 e. The fraction of sp³-hybridized carbons (Fsp3) is 0.333. The van der Waals surface area contributed by atoms with Gasteiger partial charge in [-0.2, -0.15) is 4.31 Å². The number of rotatable bonds is 5. The van der Waals surface area contributed by atoms with E-state index in [9.17, 15) is 8.42 Å². The van der Waals surface area contributed by atoms with Gasteiger partial charge in [0.05, 0.1) is 17.7 Å². The summed E-state index contributed by atoms with van der Waals surface area (Å²) in [6, 6.07) is 15.3. The topological polar surface area (TPSA) is 75.6 Å². The fourth-order valence-corrected chi connectivity index (χ4v) is 5.63. The first kappa shape index (κ1) is 22.2. The molecule has 0 N–H and O–H groups in total. The standard InChI is InChI=1S/C24H28N4O3S/c1-17-15-19(3)23(16-18(17)2)32(29,30)28-13-11-27(12-14-28)24-10-9-22(25-26-24)20-5-7-21(31-4)8-6-20/h5-10,15-16H,11-14H2,1-4H3. The van der Waals surface area contributed by atoms with Crippen LogP contribution < -0.4 is 9.64 Å². The van der Waals surface area contributed by atoms with Crippen LogP contribution in [-0.2, 0) is 10.0 Å². The summed E-state index contributed by atoms with van der Waals surface area (Å²) in [4.78, 5) is 2.47. The van der Waals surface area contributed by atoms with Crippen LogP contribution >= 0.6 is 0 Å². The normalized spacial score (nSPS) is 15.1. The van der Waals surface area contributed by atoms with Crippen LogP contribution in [0, 0.1) is 20.8 Å². The number of methoxy groups -OCH3 is 1. The highest BCUT2D eigenvalue weighted by Crippen LogP contribution is 2.26. The second kappa shape index (κ2) is 8.88. The number of piperazine rings is 1. The van der Waals surface area contributed by atoms with Crippen LogP contribution in [-0.4, -0.2) is 56.2 Å². The maximum Gasteiger partial charge on any atom is 0.243 e. The van der Waals surface area contributed by atoms with Crippen molar-refractivity contribution in [3.8, 4) is 17.0 Å². The average Bonchev–Trinajstić information content (AvgIpc) is 2.81. The molecule has 0 radical (unpaired) electrons. The molecule has 4 rings (SSSR count). The Balaban J connectivity index is 1.45. The van der Waals surface area contributed by atoms with Gasteiger partial charge in [0.25, 0.3) is 0 Å². The Morgan fingerprint density at radius 2 is 1.47 bits per heavy atom. The summed E-state index contributed by atoms with van der Waals surface area (Å²) < 4.78 is 33.2. The van der Waals surface area contributed by atoms with Gasteiger partial charge in [-0.25, -0.2) is 8.42 Å². The number of nitrogens with zero attached hydrogens (tertiary/aromatic N) is 4. The number of ether oxygens (including phenoxy) is 1. The zero-order valence-corrected chi connectivity index (χ0v) is 19.7. The summed E-state index contributed by atoms with van der Waals surface area (Å²) in [6.07, 6.45) is 0. The summed E-state index contributed by atoms with van der Waals surface area (Å²) >= 11 is 0. The van der Waals surface area contributed by atoms with Gasteiger partial charge in [0.1, 0.15) is 5.75 Å². The maximum absolute atomic E-state index is 13.2. The number of aryl methyl sites for hydroxylation is 3. The Bertz CT molecular complexity index is 1200. The van der Waals surface area contributed by atoms with Crippen LogP contribution in [0.3, 0.4) is 0 Å². The molecule has 168 valence electrons. The van der Waals surface area contributed by atoms with Crippen LogP contribution in [0.15, 0.2) is 53.4 Å². The van der Waals surface area contributed by atoms with Gasteiger partial charge in [-0.05, 0) is 79.9 Å². The molecule has 0 saturated carbocycles. The number of hydrogen-bond donors (Lipinski definition) is 0. The van der Waals surface area contributed by atoms with Crippen molar-refractivity contribution in [1.82, 2.24) is 14.5 Å². The molecule has 0 spiro atoms. The zero-order chi connectivity index (χ0) is 22.9. The summed E-state index contributed by atoms with van der Waals surface area (Å²) in [7, 11) is -1.89. The molecule has 1 fully saturated rings. The Labute approximate surface area is 189 Å². The zero-order valence-electron chi connectivity index (χ0n) is 18.9. The molecule has 0 bridgehead atoms. The third-order valence-electron chi connectivity index (χ3n) is 6.01. The second-order valence-corrected chi connectivity index (χ2v) is 10.0. The Kier molecular flexibility index (Phi) is 6.17. The maximum atomic E-state index is 13.2. The van der Waals surface area contributed by atoms with E-state index in [-0.39, 0.29) is 0 Å². The SMILES string of the molecule is COc1ccc(-c2ccc(N3CCN(S(=O)(=O)c4cc(C)c(C)cc4C)CC3)nn2)cc1. The van der Waals surface area contributed by atoms with Crippen LogP contribution in [0.4, 0.5) is 5.82 Å². The third-order valence-corrected chi connectivity index (χ3v) is 8.05. The van der Waals surface area contributed by atoms with Gasteiger partial charge in [0, 0.05) is 31.7 Å². The molecule has 32 heavy (non-hydrogen) atoms. The fourth-order valence-electron chi connectivity index (χ4n) is 3.92. The quantitative estimate of drug-likeness (QED) is 0.589. The molecule has 1 aliphatic rings. The van der Waals surface area contributed by atoms with Crippen LogP contribution in [0.5, 0.6) is 5.75 Å². The first-order valence-electron chi connectivity index (χ1n) is 10.6. The molecular formula is C24H28N4O3S. The second-order valence-electron chi connectivity index (χ2n) is 8.10. The molecule has 1 aliphatic heterocycles. The van der Waals surface area contributed by atoms with E-state index in [0.717, 1.165) is 39.5 Å². The predicted octanol–water partition coefficient (Wildman–Crippen LogP) is 3.59. The van der Waals surface area contributed by atoms with Crippen molar-refractivity contribution < 1.29 is 13.2 Å². The van der Waals surface area contributed by atoms with Crippen molar-refractivity contribution in [3.05, 3.63) is 65.2 Å². The van der Waals surface area contributed by atoms with Crippen molar-refractivity contribution in [1.29, 1.82) is 0 Å². The van der Waals surface area contributed by atoms with E-state index in [0.29, 0.717) is 31.1 Å². The van der Waals surface area contributed by atoms with Gasteiger partial charge >= 0.3 is 0 Å². The van der Waals surface area contributed by atoms with E-state index in [4.69, 9.17) is 4.74 Å². The number of benzene rings is 2. The molecule has 1 aromatic heterocycles. The Hall–Kier alpha value is -2.97. The first-order valence-corrected chi connectivity index (χ1v) is 12.0. The lowest BCUT2D eigenvalue weighted by atomic mass is 10.1. The van der Waals surface area contributed by atoms with Crippen LogP contribution in [0.1, 0.15) is 16.7 Å². The summed E-state index contributed by atoms with van der Waals surface area (Å²) in [5, 5.41) is 8.74. The third kappa shape index (κ3) is 4.33. The van der Waals surface area contributed by atoms with Gasteiger partial charge in [0.15, 0.2) is 5.82 Å². The summed E-state index contributed by atoms with van der Waals surface area (Å²) in [5.74, 6) is 1.55. The molecule has 0 amide bonds. The van der Waals surface area contributed by atoms with Gasteiger partial charge in [0.2, 0.25) is 10.0 Å². The van der Waals surface area contributed by atoms with Crippen molar-refractivity contribution in [2.24, 2.45) is 0 Å². The molecule has 2 heterocycles. The molecule has 3 aromatic rings. The number of hydrogen-bond acceptors (Lipinski definition) is 6. The van der Waals surface area contributed by atoms with Crippen LogP contribution in [0.2, 0.25) is 0 Å². The van der Waals surface area contributed by atoms with E-state index >= 15 is 0 Å². The molecular weight excluding hydrogens is 424 g/mol. The number of sulfonamides is 1. The summed E-state index contributed by atoms with van der Waals surface area (Å²) in [5.41, 5.74) is 4.62. The van der Waals surface area contributed by atoms with E-state index in [1.165, 1.54) is 0 Å². The highest BCUT2D eigenvalue weighted by Gasteiger charge is 2.30. The Morgan fingerprint density at radius 1 is 0.812 bits per heavy atom. The van der Waals surface area contributed by atoms with Crippen molar-refractivity contribution in [3.63, 3.8) is 0 Å². The van der Waals surface area contributed by atoms with E-state index in [2.05, 4.69) is 15.1 Å². The predicted molar refractivity (Wildman–Crippen MR) is 126 cm³/mol. The minimum Gasteiger partial charge on any atom is -0.497 e. The van der Waals surface area contributed by atoms with Crippen molar-refractivity contribution >= 4 is 15.8 Å². The van der Waals surface area contributed by atoms with Gasteiger partial charge in [-0.1, -0.05) is 6.07 Å². The molecule has 0 aliphatic carbocycles.